The van der Waals surface area contributed by atoms with Gasteiger partial charge < -0.3 is 10.1 Å². The lowest BCUT2D eigenvalue weighted by Crippen LogP contribution is -2.50. The Balaban J connectivity index is 2.09. The van der Waals surface area contributed by atoms with E-state index >= 15 is 0 Å². The second kappa shape index (κ2) is 11.5. The van der Waals surface area contributed by atoms with Crippen LogP contribution in [0.5, 0.6) is 0 Å². The molecule has 0 spiro atoms. The van der Waals surface area contributed by atoms with Gasteiger partial charge in [-0.25, -0.2) is 4.79 Å². The summed E-state index contributed by atoms with van der Waals surface area (Å²) in [7, 11) is 3.20. The molecule has 0 aliphatic rings. The zero-order valence-electron chi connectivity index (χ0n) is 21.0. The van der Waals surface area contributed by atoms with Gasteiger partial charge in [0.25, 0.3) is 0 Å². The van der Waals surface area contributed by atoms with Crippen molar-refractivity contribution in [3.8, 4) is 0 Å². The molecular formula is C29H34N2O3S. The normalized spacial score (nSPS) is 12.5. The van der Waals surface area contributed by atoms with Crippen LogP contribution in [0.15, 0.2) is 91.0 Å². The maximum atomic E-state index is 13.0. The van der Waals surface area contributed by atoms with Gasteiger partial charge in [0, 0.05) is 19.8 Å². The quantitative estimate of drug-likeness (QED) is 0.412. The zero-order valence-corrected chi connectivity index (χ0v) is 21.8. The van der Waals surface area contributed by atoms with E-state index in [0.29, 0.717) is 5.75 Å². The first kappa shape index (κ1) is 26.4. The van der Waals surface area contributed by atoms with Gasteiger partial charge in [-0.15, -0.1) is 11.8 Å². The minimum absolute atomic E-state index is 0.242. The number of nitrogens with one attached hydrogen (secondary N) is 1. The van der Waals surface area contributed by atoms with Gasteiger partial charge in [0.05, 0.1) is 4.75 Å². The predicted octanol–water partition coefficient (Wildman–Crippen LogP) is 5.69. The van der Waals surface area contributed by atoms with Gasteiger partial charge in [0.2, 0.25) is 5.91 Å². The van der Waals surface area contributed by atoms with Crippen molar-refractivity contribution in [2.75, 3.05) is 19.8 Å². The average Bonchev–Trinajstić information content (AvgIpc) is 2.86. The van der Waals surface area contributed by atoms with E-state index in [1.165, 1.54) is 4.90 Å². The van der Waals surface area contributed by atoms with Crippen molar-refractivity contribution < 1.29 is 14.3 Å². The molecule has 0 radical (unpaired) electrons. The fourth-order valence-electron chi connectivity index (χ4n) is 3.96. The number of amides is 2. The number of ether oxygens (including phenoxy) is 1. The molecule has 0 fully saturated rings. The van der Waals surface area contributed by atoms with E-state index in [1.54, 1.807) is 25.9 Å². The topological polar surface area (TPSA) is 58.6 Å². The third kappa shape index (κ3) is 6.25. The molecule has 3 aromatic carbocycles. The van der Waals surface area contributed by atoms with Gasteiger partial charge in [-0.3, -0.25) is 9.69 Å². The maximum Gasteiger partial charge on any atom is 0.410 e. The van der Waals surface area contributed by atoms with Crippen LogP contribution in [0, 0.1) is 0 Å². The molecule has 2 amide bonds. The number of likely N-dealkylation sites (N-methyl/N-ethyl adjacent to an activating group) is 2. The monoisotopic (exact) mass is 490 g/mol. The van der Waals surface area contributed by atoms with Crippen LogP contribution < -0.4 is 5.32 Å². The third-order valence-electron chi connectivity index (χ3n) is 5.70. The summed E-state index contributed by atoms with van der Waals surface area (Å²) in [6.07, 6.45) is -0.531. The van der Waals surface area contributed by atoms with Crippen LogP contribution in [-0.2, 0) is 14.3 Å². The molecule has 0 saturated carbocycles. The van der Waals surface area contributed by atoms with E-state index in [2.05, 4.69) is 41.7 Å². The summed E-state index contributed by atoms with van der Waals surface area (Å²) in [4.78, 5) is 27.2. The van der Waals surface area contributed by atoms with Crippen molar-refractivity contribution in [3.63, 3.8) is 0 Å². The van der Waals surface area contributed by atoms with Crippen LogP contribution in [0.4, 0.5) is 4.79 Å². The highest BCUT2D eigenvalue weighted by molar-refractivity contribution is 8.00. The molecule has 1 N–H and O–H groups in total. The molecule has 1 atom stereocenters. The molecule has 0 aliphatic carbocycles. The van der Waals surface area contributed by atoms with Crippen LogP contribution in [0.1, 0.15) is 37.5 Å². The van der Waals surface area contributed by atoms with Crippen molar-refractivity contribution >= 4 is 23.8 Å². The molecular weight excluding hydrogens is 456 g/mol. The highest BCUT2D eigenvalue weighted by atomic mass is 32.2. The summed E-state index contributed by atoms with van der Waals surface area (Å²) < 4.78 is 4.97. The van der Waals surface area contributed by atoms with Crippen molar-refractivity contribution in [3.05, 3.63) is 108 Å². The Morgan fingerprint density at radius 1 is 0.829 bits per heavy atom. The molecule has 0 aliphatic heterocycles. The molecule has 0 saturated heterocycles. The number of benzene rings is 3. The number of rotatable bonds is 8. The molecule has 6 heteroatoms. The summed E-state index contributed by atoms with van der Waals surface area (Å²) in [5.41, 5.74) is 2.63. The smallest absolute Gasteiger partial charge is 0.410 e. The molecule has 184 valence electrons. The van der Waals surface area contributed by atoms with Crippen molar-refractivity contribution in [1.29, 1.82) is 0 Å². The highest BCUT2D eigenvalue weighted by Gasteiger charge is 2.39. The first-order chi connectivity index (χ1) is 16.7. The van der Waals surface area contributed by atoms with Gasteiger partial charge >= 0.3 is 6.09 Å². The van der Waals surface area contributed by atoms with Crippen LogP contribution in [-0.4, -0.2) is 48.4 Å². The minimum atomic E-state index is -0.727. The maximum absolute atomic E-state index is 13.0. The zero-order chi connectivity index (χ0) is 25.5. The number of carbonyl (C=O) groups is 2. The summed E-state index contributed by atoms with van der Waals surface area (Å²) in [6, 6.07) is 30.1. The van der Waals surface area contributed by atoms with Crippen LogP contribution >= 0.6 is 11.8 Å². The minimum Gasteiger partial charge on any atom is -0.444 e. The largest absolute Gasteiger partial charge is 0.444 e. The Morgan fingerprint density at radius 3 is 1.57 bits per heavy atom. The van der Waals surface area contributed by atoms with Crippen LogP contribution in [0.3, 0.4) is 0 Å². The number of nitrogens with zero attached hydrogens (tertiary/aromatic N) is 1. The van der Waals surface area contributed by atoms with Gasteiger partial charge in [0.15, 0.2) is 0 Å². The van der Waals surface area contributed by atoms with E-state index in [1.807, 2.05) is 75.4 Å². The molecule has 0 bridgehead atoms. The Labute approximate surface area is 212 Å². The fourth-order valence-corrected chi connectivity index (χ4v) is 5.65. The SMILES string of the molecule is CNC(=O)C(CSC(c1ccccc1)(c1ccccc1)c1ccccc1)N(C)C(=O)OC(C)(C)C. The van der Waals surface area contributed by atoms with Crippen molar-refractivity contribution in [2.24, 2.45) is 0 Å². The van der Waals surface area contributed by atoms with E-state index in [-0.39, 0.29) is 5.91 Å². The summed E-state index contributed by atoms with van der Waals surface area (Å²) in [5, 5.41) is 2.72. The standard InChI is InChI=1S/C29H34N2O3S/c1-28(2,3)34-27(33)31(5)25(26(32)30-4)21-35-29(22-15-9-6-10-16-22,23-17-11-7-12-18-23)24-19-13-8-14-20-24/h6-20,25H,21H2,1-5H3,(H,30,32). The molecule has 35 heavy (non-hydrogen) atoms. The number of hydrogen-bond donors (Lipinski definition) is 1. The Bertz CT molecular complexity index is 1000. The Hall–Kier alpha value is -3.25. The number of thioether (sulfide) groups is 1. The van der Waals surface area contributed by atoms with E-state index in [9.17, 15) is 9.59 Å². The first-order valence-corrected chi connectivity index (χ1v) is 12.7. The first-order valence-electron chi connectivity index (χ1n) is 11.7. The second-order valence-electron chi connectivity index (χ2n) is 9.31. The number of carbonyl (C=O) groups excluding carboxylic acids is 2. The van der Waals surface area contributed by atoms with E-state index in [4.69, 9.17) is 4.74 Å². The van der Waals surface area contributed by atoms with Crippen LogP contribution in [0.2, 0.25) is 0 Å². The lowest BCUT2D eigenvalue weighted by atomic mass is 9.84. The molecule has 0 aromatic heterocycles. The molecule has 3 aromatic rings. The molecule has 0 heterocycles. The fraction of sp³-hybridized carbons (Fsp3) is 0.310. The highest BCUT2D eigenvalue weighted by Crippen LogP contribution is 2.48. The predicted molar refractivity (Wildman–Crippen MR) is 144 cm³/mol. The van der Waals surface area contributed by atoms with Gasteiger partial charge in [-0.05, 0) is 37.5 Å². The Kier molecular flexibility index (Phi) is 8.62. The van der Waals surface area contributed by atoms with E-state index < -0.39 is 22.5 Å². The Morgan fingerprint density at radius 2 is 1.23 bits per heavy atom. The van der Waals surface area contributed by atoms with E-state index in [0.717, 1.165) is 16.7 Å². The summed E-state index contributed by atoms with van der Waals surface area (Å²) in [5.74, 6) is 0.114. The number of hydrogen-bond acceptors (Lipinski definition) is 4. The third-order valence-corrected chi connectivity index (χ3v) is 7.32. The van der Waals surface area contributed by atoms with Crippen LogP contribution in [0.25, 0.3) is 0 Å². The second-order valence-corrected chi connectivity index (χ2v) is 10.5. The molecule has 5 nitrogen and oxygen atoms in total. The molecule has 1 unspecified atom stereocenters. The lowest BCUT2D eigenvalue weighted by Gasteiger charge is -2.37. The lowest BCUT2D eigenvalue weighted by molar-refractivity contribution is -0.124. The van der Waals surface area contributed by atoms with Gasteiger partial charge in [0.1, 0.15) is 11.6 Å². The van der Waals surface area contributed by atoms with Gasteiger partial charge in [-0.1, -0.05) is 91.0 Å². The van der Waals surface area contributed by atoms with Gasteiger partial charge in [-0.2, -0.15) is 0 Å². The van der Waals surface area contributed by atoms with Crippen molar-refractivity contribution in [1.82, 2.24) is 10.2 Å². The molecule has 3 rings (SSSR count). The summed E-state index contributed by atoms with van der Waals surface area (Å²) in [6.45, 7) is 5.44. The average molecular weight is 491 g/mol. The van der Waals surface area contributed by atoms with Crippen molar-refractivity contribution in [2.45, 2.75) is 37.2 Å². The summed E-state index contributed by atoms with van der Waals surface area (Å²) >= 11 is 1.63.